The first-order valence-corrected chi connectivity index (χ1v) is 8.89. The van der Waals surface area contributed by atoms with Gasteiger partial charge in [0.05, 0.1) is 23.4 Å². The molecular formula is C21H17N7O. The zero-order chi connectivity index (χ0) is 20.2. The lowest BCUT2D eigenvalue weighted by Gasteiger charge is -2.10. The van der Waals surface area contributed by atoms with Gasteiger partial charge in [-0.25, -0.2) is 19.6 Å². The number of nitrogens with two attached hydrogens (primary N) is 1. The van der Waals surface area contributed by atoms with E-state index in [-0.39, 0.29) is 0 Å². The van der Waals surface area contributed by atoms with Crippen molar-refractivity contribution in [2.45, 2.75) is 13.5 Å². The van der Waals surface area contributed by atoms with Gasteiger partial charge in [-0.3, -0.25) is 0 Å². The Hall–Kier alpha value is -4.09. The van der Waals surface area contributed by atoms with E-state index in [1.807, 2.05) is 25.1 Å². The van der Waals surface area contributed by atoms with E-state index in [9.17, 15) is 5.26 Å². The molecule has 0 fully saturated rings. The second-order valence-corrected chi connectivity index (χ2v) is 6.26. The molecule has 0 amide bonds. The van der Waals surface area contributed by atoms with E-state index >= 15 is 0 Å². The summed E-state index contributed by atoms with van der Waals surface area (Å²) in [6.45, 7) is 2.21. The molecule has 0 unspecified atom stereocenters. The number of rotatable bonds is 5. The Bertz CT molecular complexity index is 1180. The van der Waals surface area contributed by atoms with Crippen LogP contribution in [0.5, 0.6) is 11.5 Å². The molecule has 142 valence electrons. The Labute approximate surface area is 167 Å². The summed E-state index contributed by atoms with van der Waals surface area (Å²) < 4.78 is 7.77. The molecule has 0 bridgehead atoms. The molecule has 0 spiro atoms. The van der Waals surface area contributed by atoms with Crippen molar-refractivity contribution in [2.24, 2.45) is 5.73 Å². The minimum Gasteiger partial charge on any atom is -0.453 e. The van der Waals surface area contributed by atoms with Crippen LogP contribution in [0.1, 0.15) is 16.8 Å². The van der Waals surface area contributed by atoms with Crippen LogP contribution in [0, 0.1) is 18.3 Å². The summed E-state index contributed by atoms with van der Waals surface area (Å²) in [6.07, 6.45) is 6.80. The van der Waals surface area contributed by atoms with E-state index in [1.54, 1.807) is 47.7 Å². The minimum absolute atomic E-state index is 0.364. The van der Waals surface area contributed by atoms with E-state index in [2.05, 4.69) is 26.1 Å². The Morgan fingerprint density at radius 2 is 1.93 bits per heavy atom. The summed E-state index contributed by atoms with van der Waals surface area (Å²) in [4.78, 5) is 13.0. The Morgan fingerprint density at radius 3 is 2.62 bits per heavy atom. The van der Waals surface area contributed by atoms with Gasteiger partial charge in [0.15, 0.2) is 17.4 Å². The third kappa shape index (κ3) is 3.81. The molecule has 8 heteroatoms. The predicted molar refractivity (Wildman–Crippen MR) is 106 cm³/mol. The highest BCUT2D eigenvalue weighted by atomic mass is 16.5. The van der Waals surface area contributed by atoms with Crippen molar-refractivity contribution in [2.75, 3.05) is 0 Å². The molecule has 0 saturated heterocycles. The monoisotopic (exact) mass is 383 g/mol. The standard InChI is InChI=1S/C21H17N7O/c1-14-19(13-28(27-14)20-4-2-3-7-24-20)29-18-8-15(9-22)5-6-17(18)21-25-11-16(10-23)12-26-21/h2-8,11-13H,10,23H2,1H3. The lowest BCUT2D eigenvalue weighted by Crippen LogP contribution is -2.00. The molecule has 1 aromatic carbocycles. The SMILES string of the molecule is Cc1nn(-c2ccccn2)cc1Oc1cc(C#N)ccc1-c1ncc(CN)cn1. The van der Waals surface area contributed by atoms with Crippen LogP contribution in [0.4, 0.5) is 0 Å². The number of hydrogen-bond donors (Lipinski definition) is 1. The number of aryl methyl sites for hydroxylation is 1. The van der Waals surface area contributed by atoms with Crippen LogP contribution in [0.3, 0.4) is 0 Å². The molecule has 0 aliphatic heterocycles. The fourth-order valence-electron chi connectivity index (χ4n) is 2.73. The van der Waals surface area contributed by atoms with Crippen LogP contribution in [0.15, 0.2) is 61.2 Å². The van der Waals surface area contributed by atoms with Crippen molar-refractivity contribution in [3.8, 4) is 34.8 Å². The molecule has 3 aromatic heterocycles. The van der Waals surface area contributed by atoms with E-state index in [0.29, 0.717) is 46.5 Å². The summed E-state index contributed by atoms with van der Waals surface area (Å²) in [5, 5.41) is 13.8. The van der Waals surface area contributed by atoms with E-state index in [0.717, 1.165) is 5.56 Å². The summed E-state index contributed by atoms with van der Waals surface area (Å²) >= 11 is 0. The molecule has 4 aromatic rings. The highest BCUT2D eigenvalue weighted by Gasteiger charge is 2.15. The molecule has 2 N–H and O–H groups in total. The van der Waals surface area contributed by atoms with Gasteiger partial charge in [0.2, 0.25) is 0 Å². The molecule has 0 aliphatic carbocycles. The van der Waals surface area contributed by atoms with Crippen molar-refractivity contribution in [3.05, 3.63) is 78.0 Å². The average Bonchev–Trinajstić information content (AvgIpc) is 3.14. The van der Waals surface area contributed by atoms with Crippen molar-refractivity contribution >= 4 is 0 Å². The van der Waals surface area contributed by atoms with Gasteiger partial charge < -0.3 is 10.5 Å². The van der Waals surface area contributed by atoms with Gasteiger partial charge in [0, 0.05) is 30.7 Å². The Morgan fingerprint density at radius 1 is 1.10 bits per heavy atom. The first kappa shape index (κ1) is 18.3. The normalized spacial score (nSPS) is 10.5. The third-order valence-electron chi connectivity index (χ3n) is 4.25. The van der Waals surface area contributed by atoms with E-state index in [1.165, 1.54) is 0 Å². The fraction of sp³-hybridized carbons (Fsp3) is 0.0952. The number of aromatic nitrogens is 5. The molecular weight excluding hydrogens is 366 g/mol. The minimum atomic E-state index is 0.364. The molecule has 8 nitrogen and oxygen atoms in total. The zero-order valence-electron chi connectivity index (χ0n) is 15.6. The topological polar surface area (TPSA) is 116 Å². The van der Waals surface area contributed by atoms with Gasteiger partial charge in [-0.1, -0.05) is 6.07 Å². The second kappa shape index (κ2) is 7.88. The number of ether oxygens (including phenoxy) is 1. The lowest BCUT2D eigenvalue weighted by molar-refractivity contribution is 0.480. The van der Waals surface area contributed by atoms with Crippen LogP contribution >= 0.6 is 0 Å². The molecule has 0 atom stereocenters. The third-order valence-corrected chi connectivity index (χ3v) is 4.25. The Balaban J connectivity index is 1.73. The van der Waals surface area contributed by atoms with Gasteiger partial charge in [0.25, 0.3) is 0 Å². The maximum Gasteiger partial charge on any atom is 0.168 e. The summed E-state index contributed by atoms with van der Waals surface area (Å²) in [7, 11) is 0. The smallest absolute Gasteiger partial charge is 0.168 e. The van der Waals surface area contributed by atoms with Crippen LogP contribution < -0.4 is 10.5 Å². The molecule has 4 rings (SSSR count). The molecule has 0 aliphatic rings. The highest BCUT2D eigenvalue weighted by molar-refractivity contribution is 5.66. The van der Waals surface area contributed by atoms with Crippen LogP contribution in [0.2, 0.25) is 0 Å². The van der Waals surface area contributed by atoms with Crippen LogP contribution in [0.25, 0.3) is 17.2 Å². The van der Waals surface area contributed by atoms with Gasteiger partial charge in [0.1, 0.15) is 11.4 Å². The summed E-state index contributed by atoms with van der Waals surface area (Å²) in [5.41, 5.74) is 8.27. The lowest BCUT2D eigenvalue weighted by atomic mass is 10.1. The first-order valence-electron chi connectivity index (χ1n) is 8.89. The number of nitrogens with zero attached hydrogens (tertiary/aromatic N) is 6. The number of benzene rings is 1. The van der Waals surface area contributed by atoms with Gasteiger partial charge >= 0.3 is 0 Å². The van der Waals surface area contributed by atoms with Crippen molar-refractivity contribution in [1.29, 1.82) is 5.26 Å². The van der Waals surface area contributed by atoms with Crippen molar-refractivity contribution in [1.82, 2.24) is 24.7 Å². The molecule has 0 saturated carbocycles. The average molecular weight is 383 g/mol. The molecule has 3 heterocycles. The number of hydrogen-bond acceptors (Lipinski definition) is 7. The van der Waals surface area contributed by atoms with Crippen LogP contribution in [-0.2, 0) is 6.54 Å². The maximum atomic E-state index is 9.29. The van der Waals surface area contributed by atoms with Gasteiger partial charge in [-0.05, 0) is 37.3 Å². The van der Waals surface area contributed by atoms with E-state index < -0.39 is 0 Å². The molecule has 29 heavy (non-hydrogen) atoms. The summed E-state index contributed by atoms with van der Waals surface area (Å²) in [6, 6.07) is 12.8. The van der Waals surface area contributed by atoms with Gasteiger partial charge in [-0.15, -0.1) is 0 Å². The van der Waals surface area contributed by atoms with Crippen molar-refractivity contribution < 1.29 is 4.74 Å². The van der Waals surface area contributed by atoms with E-state index in [4.69, 9.17) is 10.5 Å². The first-order chi connectivity index (χ1) is 14.2. The largest absolute Gasteiger partial charge is 0.453 e. The second-order valence-electron chi connectivity index (χ2n) is 6.26. The Kier molecular flexibility index (Phi) is 4.97. The summed E-state index contributed by atoms with van der Waals surface area (Å²) in [5.74, 6) is 2.17. The predicted octanol–water partition coefficient (Wildman–Crippen LogP) is 3.16. The highest BCUT2D eigenvalue weighted by Crippen LogP contribution is 2.33. The quantitative estimate of drug-likeness (QED) is 0.563. The number of pyridine rings is 1. The van der Waals surface area contributed by atoms with Gasteiger partial charge in [-0.2, -0.15) is 10.4 Å². The van der Waals surface area contributed by atoms with Crippen molar-refractivity contribution in [3.63, 3.8) is 0 Å². The maximum absolute atomic E-state index is 9.29. The fourth-order valence-corrected chi connectivity index (χ4v) is 2.73. The van der Waals surface area contributed by atoms with Crippen LogP contribution in [-0.4, -0.2) is 24.7 Å². The number of nitriles is 1. The molecule has 0 radical (unpaired) electrons. The zero-order valence-corrected chi connectivity index (χ0v) is 15.6.